The molecule has 172 valence electrons. The van der Waals surface area contributed by atoms with E-state index in [1.165, 1.54) is 57.8 Å². The molecule has 0 aromatic rings. The molecular formula is C25H48O4. The number of esters is 2. The normalized spacial score (nSPS) is 11.4. The van der Waals surface area contributed by atoms with Crippen LogP contribution in [-0.4, -0.2) is 24.6 Å². The van der Waals surface area contributed by atoms with E-state index >= 15 is 0 Å². The van der Waals surface area contributed by atoms with Crippen molar-refractivity contribution < 1.29 is 19.1 Å². The molecule has 0 amide bonds. The van der Waals surface area contributed by atoms with Crippen LogP contribution in [0.3, 0.4) is 0 Å². The summed E-state index contributed by atoms with van der Waals surface area (Å²) in [6.45, 7) is 11.0. The highest BCUT2D eigenvalue weighted by Gasteiger charge is 2.21. The summed E-state index contributed by atoms with van der Waals surface area (Å²) in [5, 5.41) is 0. The molecule has 0 N–H and O–H groups in total. The van der Waals surface area contributed by atoms with Crippen molar-refractivity contribution in [2.24, 2.45) is 11.8 Å². The van der Waals surface area contributed by atoms with E-state index in [2.05, 4.69) is 34.6 Å². The molecule has 0 aliphatic heterocycles. The lowest BCUT2D eigenvalue weighted by molar-refractivity contribution is -0.154. The van der Waals surface area contributed by atoms with Gasteiger partial charge in [0.25, 0.3) is 0 Å². The number of rotatable bonds is 19. The molecule has 4 heteroatoms. The first-order valence-electron chi connectivity index (χ1n) is 12.2. The Balaban J connectivity index is 3.51. The maximum Gasteiger partial charge on any atom is 0.306 e. The number of hydrogen-bond acceptors (Lipinski definition) is 4. The molecule has 0 fully saturated rings. The fourth-order valence-electron chi connectivity index (χ4n) is 3.65. The van der Waals surface area contributed by atoms with Crippen molar-refractivity contribution in [1.29, 1.82) is 0 Å². The van der Waals surface area contributed by atoms with E-state index in [4.69, 9.17) is 9.47 Å². The summed E-state index contributed by atoms with van der Waals surface area (Å²) in [5.41, 5.74) is 0. The van der Waals surface area contributed by atoms with Gasteiger partial charge in [-0.3, -0.25) is 9.59 Å². The fraction of sp³-hybridized carbons (Fsp3) is 0.920. The lowest BCUT2D eigenvalue weighted by Crippen LogP contribution is -2.28. The second kappa shape index (κ2) is 18.9. The predicted octanol–water partition coefficient (Wildman–Crippen LogP) is 7.23. The van der Waals surface area contributed by atoms with E-state index in [9.17, 15) is 9.59 Å². The first-order valence-corrected chi connectivity index (χ1v) is 12.2. The summed E-state index contributed by atoms with van der Waals surface area (Å²) in [6, 6.07) is 0. The summed E-state index contributed by atoms with van der Waals surface area (Å²) in [7, 11) is 0. The van der Waals surface area contributed by atoms with Crippen LogP contribution >= 0.6 is 0 Å². The van der Waals surface area contributed by atoms with Crippen molar-refractivity contribution in [3.8, 4) is 0 Å². The van der Waals surface area contributed by atoms with Gasteiger partial charge in [0.2, 0.25) is 0 Å². The molecule has 29 heavy (non-hydrogen) atoms. The van der Waals surface area contributed by atoms with Crippen molar-refractivity contribution in [3.05, 3.63) is 0 Å². The van der Waals surface area contributed by atoms with Crippen LogP contribution in [0.4, 0.5) is 0 Å². The van der Waals surface area contributed by atoms with E-state index in [1.807, 2.05) is 0 Å². The van der Waals surface area contributed by atoms with Crippen LogP contribution in [0.15, 0.2) is 0 Å². The molecule has 0 aliphatic carbocycles. The van der Waals surface area contributed by atoms with Crippen LogP contribution in [-0.2, 0) is 19.1 Å². The Morgan fingerprint density at radius 2 is 1.07 bits per heavy atom. The Hall–Kier alpha value is -1.06. The van der Waals surface area contributed by atoms with Gasteiger partial charge in [-0.15, -0.1) is 0 Å². The molecule has 0 bridgehead atoms. The van der Waals surface area contributed by atoms with Crippen LogP contribution in [0.5, 0.6) is 0 Å². The van der Waals surface area contributed by atoms with Crippen LogP contribution in [0, 0.1) is 11.8 Å². The van der Waals surface area contributed by atoms with Gasteiger partial charge in [0, 0.05) is 12.8 Å². The lowest BCUT2D eigenvalue weighted by atomic mass is 9.96. The summed E-state index contributed by atoms with van der Waals surface area (Å²) in [6.07, 6.45) is 15.1. The number of ether oxygens (including phenoxy) is 2. The van der Waals surface area contributed by atoms with Gasteiger partial charge in [-0.2, -0.15) is 0 Å². The van der Waals surface area contributed by atoms with Crippen LogP contribution in [0.2, 0.25) is 0 Å². The van der Waals surface area contributed by atoms with Gasteiger partial charge in [0.1, 0.15) is 6.10 Å². The number of hydrogen-bond donors (Lipinski definition) is 0. The fourth-order valence-corrected chi connectivity index (χ4v) is 3.65. The van der Waals surface area contributed by atoms with Gasteiger partial charge in [-0.05, 0) is 24.7 Å². The van der Waals surface area contributed by atoms with E-state index in [-0.39, 0.29) is 24.5 Å². The second-order valence-corrected chi connectivity index (χ2v) is 9.05. The van der Waals surface area contributed by atoms with E-state index in [0.29, 0.717) is 31.3 Å². The molecule has 0 unspecified atom stereocenters. The molecule has 0 spiro atoms. The summed E-state index contributed by atoms with van der Waals surface area (Å²) >= 11 is 0. The first kappa shape index (κ1) is 27.9. The zero-order valence-electron chi connectivity index (χ0n) is 20.0. The van der Waals surface area contributed by atoms with E-state index in [1.54, 1.807) is 0 Å². The number of carbonyl (C=O) groups is 2. The third kappa shape index (κ3) is 17.5. The van der Waals surface area contributed by atoms with Gasteiger partial charge in [-0.1, -0.05) is 98.8 Å². The highest BCUT2D eigenvalue weighted by Crippen LogP contribution is 2.17. The zero-order chi connectivity index (χ0) is 21.9. The van der Waals surface area contributed by atoms with Crippen molar-refractivity contribution in [1.82, 2.24) is 0 Å². The molecule has 0 aromatic heterocycles. The molecule has 0 heterocycles. The topological polar surface area (TPSA) is 52.6 Å². The number of carbonyl (C=O) groups excluding carboxylic acids is 2. The molecule has 0 rings (SSSR count). The van der Waals surface area contributed by atoms with Crippen LogP contribution < -0.4 is 0 Å². The maximum absolute atomic E-state index is 11.9. The average molecular weight is 413 g/mol. The van der Waals surface area contributed by atoms with Crippen molar-refractivity contribution in [3.63, 3.8) is 0 Å². The van der Waals surface area contributed by atoms with E-state index in [0.717, 1.165) is 12.8 Å². The highest BCUT2D eigenvalue weighted by atomic mass is 16.5. The summed E-state index contributed by atoms with van der Waals surface area (Å²) in [4.78, 5) is 23.7. The number of unbranched alkanes of at least 4 members (excludes halogenated alkanes) is 10. The zero-order valence-corrected chi connectivity index (χ0v) is 20.0. The third-order valence-corrected chi connectivity index (χ3v) is 5.35. The van der Waals surface area contributed by atoms with Gasteiger partial charge in [-0.25, -0.2) is 0 Å². The van der Waals surface area contributed by atoms with Crippen LogP contribution in [0.1, 0.15) is 125 Å². The second-order valence-electron chi connectivity index (χ2n) is 9.05. The minimum Gasteiger partial charge on any atom is -0.466 e. The molecule has 0 radical (unpaired) electrons. The minimum atomic E-state index is -0.212. The van der Waals surface area contributed by atoms with Crippen molar-refractivity contribution in [2.45, 2.75) is 131 Å². The third-order valence-electron chi connectivity index (χ3n) is 5.35. The average Bonchev–Trinajstić information content (AvgIpc) is 2.66. The molecule has 0 saturated carbocycles. The SMILES string of the molecule is CCCCCCCCCCCCCOC(=O)CCCC(=O)OC(C(C)C)C(C)C. The minimum absolute atomic E-state index is 0.0597. The molecular weight excluding hydrogens is 364 g/mol. The van der Waals surface area contributed by atoms with Gasteiger partial charge >= 0.3 is 11.9 Å². The maximum atomic E-state index is 11.9. The smallest absolute Gasteiger partial charge is 0.306 e. The Bertz CT molecular complexity index is 396. The highest BCUT2D eigenvalue weighted by molar-refractivity contribution is 5.72. The molecule has 0 saturated heterocycles. The molecule has 0 aromatic carbocycles. The standard InChI is InChI=1S/C25H48O4/c1-6-7-8-9-10-11-12-13-14-15-16-20-28-23(26)18-17-19-24(27)29-25(21(2)3)22(4)5/h21-22,25H,6-20H2,1-5H3. The molecule has 4 nitrogen and oxygen atoms in total. The lowest BCUT2D eigenvalue weighted by Gasteiger charge is -2.24. The van der Waals surface area contributed by atoms with Crippen LogP contribution in [0.25, 0.3) is 0 Å². The van der Waals surface area contributed by atoms with Gasteiger partial charge < -0.3 is 9.47 Å². The Morgan fingerprint density at radius 1 is 0.621 bits per heavy atom. The Kier molecular flexibility index (Phi) is 18.2. The Labute approximate surface area is 180 Å². The monoisotopic (exact) mass is 412 g/mol. The summed E-state index contributed by atoms with van der Waals surface area (Å²) < 4.78 is 10.8. The van der Waals surface area contributed by atoms with Crippen molar-refractivity contribution >= 4 is 11.9 Å². The van der Waals surface area contributed by atoms with E-state index < -0.39 is 0 Å². The quantitative estimate of drug-likeness (QED) is 0.166. The van der Waals surface area contributed by atoms with Crippen molar-refractivity contribution in [2.75, 3.05) is 6.61 Å². The largest absolute Gasteiger partial charge is 0.466 e. The molecule has 0 atom stereocenters. The molecule has 0 aliphatic rings. The summed E-state index contributed by atoms with van der Waals surface area (Å²) in [5.74, 6) is 0.189. The Morgan fingerprint density at radius 3 is 1.55 bits per heavy atom. The first-order chi connectivity index (χ1) is 13.9. The van der Waals surface area contributed by atoms with Gasteiger partial charge in [0.05, 0.1) is 6.61 Å². The van der Waals surface area contributed by atoms with Gasteiger partial charge in [0.15, 0.2) is 0 Å². The predicted molar refractivity (Wildman–Crippen MR) is 121 cm³/mol.